The van der Waals surface area contributed by atoms with Crippen molar-refractivity contribution in [3.8, 4) is 11.4 Å². The number of likely N-dealkylation sites (tertiary alicyclic amines) is 1. The van der Waals surface area contributed by atoms with Gasteiger partial charge in [-0.1, -0.05) is 37.2 Å². The van der Waals surface area contributed by atoms with Gasteiger partial charge >= 0.3 is 0 Å². The highest BCUT2D eigenvalue weighted by Crippen LogP contribution is 2.29. The Kier molecular flexibility index (Phi) is 4.70. The van der Waals surface area contributed by atoms with Crippen molar-refractivity contribution >= 4 is 5.91 Å². The lowest BCUT2D eigenvalue weighted by Crippen LogP contribution is -2.38. The summed E-state index contributed by atoms with van der Waals surface area (Å²) in [5.74, 6) is 2.49. The number of aromatic nitrogens is 5. The molecule has 1 fully saturated rings. The Labute approximate surface area is 157 Å². The minimum Gasteiger partial charge on any atom is -0.339 e. The van der Waals surface area contributed by atoms with E-state index >= 15 is 0 Å². The smallest absolute Gasteiger partial charge is 0.254 e. The first-order chi connectivity index (χ1) is 13.1. The number of rotatable bonds is 4. The van der Waals surface area contributed by atoms with E-state index in [1.54, 1.807) is 0 Å². The molecule has 2 aromatic heterocycles. The number of nitrogens with zero attached hydrogens (tertiary/aromatic N) is 5. The Bertz CT molecular complexity index is 910. The van der Waals surface area contributed by atoms with Crippen LogP contribution in [0.4, 0.5) is 0 Å². The molecule has 0 atom stereocenters. The van der Waals surface area contributed by atoms with Crippen LogP contribution in [0.1, 0.15) is 60.6 Å². The molecule has 8 heteroatoms. The molecule has 0 saturated carbocycles. The van der Waals surface area contributed by atoms with Crippen LogP contribution in [0.2, 0.25) is 0 Å². The maximum atomic E-state index is 13.1. The third-order valence-corrected chi connectivity index (χ3v) is 4.93. The van der Waals surface area contributed by atoms with Crippen molar-refractivity contribution in [2.75, 3.05) is 13.1 Å². The minimum atomic E-state index is 0.00819. The number of aromatic amines is 1. The normalized spacial score (nSPS) is 15.4. The summed E-state index contributed by atoms with van der Waals surface area (Å²) in [4.78, 5) is 23.6. The fraction of sp³-hybridized carbons (Fsp3) is 0.421. The van der Waals surface area contributed by atoms with Crippen LogP contribution in [0.15, 0.2) is 35.1 Å². The maximum Gasteiger partial charge on any atom is 0.254 e. The van der Waals surface area contributed by atoms with Gasteiger partial charge in [-0.3, -0.25) is 9.89 Å². The molecule has 27 heavy (non-hydrogen) atoms. The minimum absolute atomic E-state index is 0.00819. The van der Waals surface area contributed by atoms with Gasteiger partial charge in [0.2, 0.25) is 5.89 Å². The highest BCUT2D eigenvalue weighted by Gasteiger charge is 2.29. The average molecular weight is 366 g/mol. The van der Waals surface area contributed by atoms with Gasteiger partial charge in [-0.25, -0.2) is 4.98 Å². The first-order valence-electron chi connectivity index (χ1n) is 9.21. The predicted molar refractivity (Wildman–Crippen MR) is 98.1 cm³/mol. The number of carbonyl (C=O) groups is 1. The maximum absolute atomic E-state index is 13.1. The lowest BCUT2D eigenvalue weighted by Gasteiger charge is -2.30. The second kappa shape index (κ2) is 7.30. The van der Waals surface area contributed by atoms with E-state index < -0.39 is 0 Å². The number of hydrogen-bond donors (Lipinski definition) is 1. The zero-order valence-electron chi connectivity index (χ0n) is 15.4. The first-order valence-corrected chi connectivity index (χ1v) is 9.21. The molecule has 1 amide bonds. The number of hydrogen-bond acceptors (Lipinski definition) is 6. The van der Waals surface area contributed by atoms with Crippen LogP contribution in [-0.2, 0) is 0 Å². The van der Waals surface area contributed by atoms with Crippen molar-refractivity contribution in [3.05, 3.63) is 47.9 Å². The van der Waals surface area contributed by atoms with Gasteiger partial charge in [0.15, 0.2) is 11.6 Å². The molecule has 0 aliphatic carbocycles. The lowest BCUT2D eigenvalue weighted by atomic mass is 9.95. The third kappa shape index (κ3) is 3.47. The fourth-order valence-corrected chi connectivity index (χ4v) is 3.36. The molecular formula is C19H22N6O2. The molecule has 0 radical (unpaired) electrons. The highest BCUT2D eigenvalue weighted by atomic mass is 16.5. The van der Waals surface area contributed by atoms with Gasteiger partial charge in [0.25, 0.3) is 5.91 Å². The summed E-state index contributed by atoms with van der Waals surface area (Å²) in [6.07, 6.45) is 3.07. The fourth-order valence-electron chi connectivity index (χ4n) is 3.36. The Morgan fingerprint density at radius 2 is 2.04 bits per heavy atom. The second-order valence-corrected chi connectivity index (χ2v) is 7.09. The summed E-state index contributed by atoms with van der Waals surface area (Å²) < 4.78 is 5.43. The molecule has 1 aromatic carbocycles. The number of piperidine rings is 1. The van der Waals surface area contributed by atoms with E-state index in [9.17, 15) is 4.79 Å². The summed E-state index contributed by atoms with van der Waals surface area (Å²) in [7, 11) is 0. The monoisotopic (exact) mass is 366 g/mol. The van der Waals surface area contributed by atoms with Crippen LogP contribution in [-0.4, -0.2) is 49.2 Å². The van der Waals surface area contributed by atoms with Crippen molar-refractivity contribution in [2.24, 2.45) is 0 Å². The van der Waals surface area contributed by atoms with E-state index in [4.69, 9.17) is 4.52 Å². The zero-order valence-corrected chi connectivity index (χ0v) is 15.4. The Morgan fingerprint density at radius 1 is 1.26 bits per heavy atom. The lowest BCUT2D eigenvalue weighted by molar-refractivity contribution is 0.0705. The number of carbonyl (C=O) groups excluding carboxylic acids is 1. The molecule has 1 aliphatic heterocycles. The van der Waals surface area contributed by atoms with Crippen molar-refractivity contribution in [1.29, 1.82) is 0 Å². The quantitative estimate of drug-likeness (QED) is 0.762. The Morgan fingerprint density at radius 3 is 2.70 bits per heavy atom. The van der Waals surface area contributed by atoms with Gasteiger partial charge in [-0.15, -0.1) is 0 Å². The van der Waals surface area contributed by atoms with Gasteiger partial charge in [0.05, 0.1) is 5.56 Å². The van der Waals surface area contributed by atoms with E-state index in [2.05, 4.69) is 25.3 Å². The Balaban J connectivity index is 1.46. The molecule has 140 valence electrons. The number of H-pyrrole nitrogens is 1. The zero-order chi connectivity index (χ0) is 18.8. The molecule has 8 nitrogen and oxygen atoms in total. The number of benzene rings is 1. The van der Waals surface area contributed by atoms with Crippen LogP contribution < -0.4 is 0 Å². The van der Waals surface area contributed by atoms with Crippen LogP contribution >= 0.6 is 0 Å². The average Bonchev–Trinajstić information content (AvgIpc) is 3.40. The molecule has 3 heterocycles. The van der Waals surface area contributed by atoms with Crippen molar-refractivity contribution in [3.63, 3.8) is 0 Å². The van der Waals surface area contributed by atoms with Crippen LogP contribution in [0.3, 0.4) is 0 Å². The van der Waals surface area contributed by atoms with Gasteiger partial charge < -0.3 is 9.42 Å². The number of nitrogens with one attached hydrogen (secondary N) is 1. The van der Waals surface area contributed by atoms with E-state index in [1.807, 2.05) is 43.0 Å². The molecule has 1 aliphatic rings. The highest BCUT2D eigenvalue weighted by molar-refractivity contribution is 6.00. The summed E-state index contributed by atoms with van der Waals surface area (Å²) in [6.45, 7) is 5.41. The summed E-state index contributed by atoms with van der Waals surface area (Å²) in [5, 5.41) is 10.8. The standard InChI is InChI=1S/C19H22N6O2/c1-12(2)16-22-18(27-24-16)13-7-9-25(10-8-13)19(26)15-6-4-3-5-14(15)17-20-11-21-23-17/h3-6,11-13H,7-10H2,1-2H3,(H,20,21,23). The molecular weight excluding hydrogens is 344 g/mol. The van der Waals surface area contributed by atoms with E-state index in [0.717, 1.165) is 24.2 Å². The molecule has 1 saturated heterocycles. The summed E-state index contributed by atoms with van der Waals surface area (Å²) >= 11 is 0. The molecule has 4 rings (SSSR count). The van der Waals surface area contributed by atoms with E-state index in [1.165, 1.54) is 6.33 Å². The van der Waals surface area contributed by atoms with Gasteiger partial charge in [0.1, 0.15) is 6.33 Å². The second-order valence-electron chi connectivity index (χ2n) is 7.09. The first kappa shape index (κ1) is 17.4. The van der Waals surface area contributed by atoms with Crippen LogP contribution in [0.5, 0.6) is 0 Å². The largest absolute Gasteiger partial charge is 0.339 e. The predicted octanol–water partition coefficient (Wildman–Crippen LogP) is 3.00. The number of amides is 1. The summed E-state index contributed by atoms with van der Waals surface area (Å²) in [6, 6.07) is 7.47. The van der Waals surface area contributed by atoms with Gasteiger partial charge in [-0.2, -0.15) is 10.1 Å². The van der Waals surface area contributed by atoms with Crippen molar-refractivity contribution < 1.29 is 9.32 Å². The van der Waals surface area contributed by atoms with E-state index in [-0.39, 0.29) is 17.7 Å². The molecule has 1 N–H and O–H groups in total. The van der Waals surface area contributed by atoms with Crippen molar-refractivity contribution in [1.82, 2.24) is 30.2 Å². The molecule has 3 aromatic rings. The molecule has 0 spiro atoms. The van der Waals surface area contributed by atoms with Gasteiger partial charge in [-0.05, 0) is 18.9 Å². The molecule has 0 unspecified atom stereocenters. The summed E-state index contributed by atoms with van der Waals surface area (Å²) in [5.41, 5.74) is 1.40. The van der Waals surface area contributed by atoms with Crippen molar-refractivity contribution in [2.45, 2.75) is 38.5 Å². The molecule has 0 bridgehead atoms. The van der Waals surface area contributed by atoms with Gasteiger partial charge in [0, 0.05) is 30.5 Å². The SMILES string of the molecule is CC(C)c1noc(C2CCN(C(=O)c3ccccc3-c3ncn[nH]3)CC2)n1. The van der Waals surface area contributed by atoms with Crippen LogP contribution in [0, 0.1) is 0 Å². The third-order valence-electron chi connectivity index (χ3n) is 4.93. The van der Waals surface area contributed by atoms with Crippen LogP contribution in [0.25, 0.3) is 11.4 Å². The van der Waals surface area contributed by atoms with E-state index in [0.29, 0.717) is 30.4 Å². The topological polar surface area (TPSA) is 101 Å². The Hall–Kier alpha value is -3.03.